The first kappa shape index (κ1) is 14.8. The molecule has 0 heterocycles. The fourth-order valence-corrected chi connectivity index (χ4v) is 2.40. The van der Waals surface area contributed by atoms with E-state index in [2.05, 4.69) is 74.6 Å². The minimum Gasteiger partial charge on any atom is -0.313 e. The van der Waals surface area contributed by atoms with Crippen molar-refractivity contribution >= 4 is 0 Å². The molecule has 0 fully saturated rings. The average Bonchev–Trinajstić information content (AvgIpc) is 2.48. The molecule has 1 heteroatoms. The molecule has 1 N–H and O–H groups in total. The van der Waals surface area contributed by atoms with Crippen LogP contribution in [0.1, 0.15) is 44.2 Å². The van der Waals surface area contributed by atoms with Crippen LogP contribution in [-0.2, 0) is 6.54 Å². The van der Waals surface area contributed by atoms with Gasteiger partial charge in [-0.3, -0.25) is 0 Å². The van der Waals surface area contributed by atoms with Crippen LogP contribution in [0.15, 0.2) is 48.5 Å². The molecule has 0 aromatic heterocycles. The molecule has 2 aromatic rings. The molecule has 0 aliphatic heterocycles. The smallest absolute Gasteiger partial charge is 0.0211 e. The molecule has 0 amide bonds. The summed E-state index contributed by atoms with van der Waals surface area (Å²) in [6.07, 6.45) is 1.17. The van der Waals surface area contributed by atoms with E-state index in [9.17, 15) is 0 Å². The van der Waals surface area contributed by atoms with Crippen molar-refractivity contribution in [2.75, 3.05) is 6.54 Å². The van der Waals surface area contributed by atoms with Crippen LogP contribution < -0.4 is 5.32 Å². The quantitative estimate of drug-likeness (QED) is 0.728. The number of rotatable bonds is 6. The molecule has 2 aromatic carbocycles. The predicted molar refractivity (Wildman–Crippen MR) is 88.0 cm³/mol. The van der Waals surface area contributed by atoms with Gasteiger partial charge in [-0.15, -0.1) is 0 Å². The second kappa shape index (κ2) is 7.25. The third-order valence-corrected chi connectivity index (χ3v) is 3.65. The SMILES string of the molecule is CCCNCc1ccccc1-c1ccc(C(C)C)cc1. The fraction of sp³-hybridized carbons (Fsp3) is 0.368. The van der Waals surface area contributed by atoms with Gasteiger partial charge in [-0.25, -0.2) is 0 Å². The van der Waals surface area contributed by atoms with E-state index in [1.165, 1.54) is 28.7 Å². The van der Waals surface area contributed by atoms with Gasteiger partial charge in [0.15, 0.2) is 0 Å². The van der Waals surface area contributed by atoms with E-state index in [0.717, 1.165) is 13.1 Å². The highest BCUT2D eigenvalue weighted by Gasteiger charge is 2.05. The summed E-state index contributed by atoms with van der Waals surface area (Å²) in [6, 6.07) is 17.7. The number of hydrogen-bond acceptors (Lipinski definition) is 1. The highest BCUT2D eigenvalue weighted by Crippen LogP contribution is 2.25. The van der Waals surface area contributed by atoms with E-state index in [4.69, 9.17) is 0 Å². The van der Waals surface area contributed by atoms with Crippen LogP contribution in [0.4, 0.5) is 0 Å². The lowest BCUT2D eigenvalue weighted by Crippen LogP contribution is -2.14. The van der Waals surface area contributed by atoms with Crippen LogP contribution in [-0.4, -0.2) is 6.54 Å². The van der Waals surface area contributed by atoms with Gasteiger partial charge in [-0.2, -0.15) is 0 Å². The third kappa shape index (κ3) is 3.71. The first-order valence-corrected chi connectivity index (χ1v) is 7.61. The summed E-state index contributed by atoms with van der Waals surface area (Å²) >= 11 is 0. The molecule has 0 spiro atoms. The van der Waals surface area contributed by atoms with Crippen molar-refractivity contribution < 1.29 is 0 Å². The minimum atomic E-state index is 0.588. The first-order valence-electron chi connectivity index (χ1n) is 7.61. The summed E-state index contributed by atoms with van der Waals surface area (Å²) in [6.45, 7) is 8.68. The Morgan fingerprint density at radius 2 is 1.65 bits per heavy atom. The Labute approximate surface area is 123 Å². The standard InChI is InChI=1S/C19H25N/c1-4-13-20-14-18-7-5-6-8-19(18)17-11-9-16(10-12-17)15(2)3/h5-12,15,20H,4,13-14H2,1-3H3. The van der Waals surface area contributed by atoms with E-state index in [1.807, 2.05) is 0 Å². The second-order valence-electron chi connectivity index (χ2n) is 5.61. The Hall–Kier alpha value is -1.60. The van der Waals surface area contributed by atoms with Crippen LogP contribution in [0.5, 0.6) is 0 Å². The molecule has 2 rings (SSSR count). The van der Waals surface area contributed by atoms with E-state index in [0.29, 0.717) is 5.92 Å². The van der Waals surface area contributed by atoms with Gasteiger partial charge in [0.1, 0.15) is 0 Å². The topological polar surface area (TPSA) is 12.0 Å². The van der Waals surface area contributed by atoms with Gasteiger partial charge < -0.3 is 5.32 Å². The van der Waals surface area contributed by atoms with Crippen molar-refractivity contribution in [1.29, 1.82) is 0 Å². The Kier molecular flexibility index (Phi) is 5.37. The van der Waals surface area contributed by atoms with E-state index in [-0.39, 0.29) is 0 Å². The summed E-state index contributed by atoms with van der Waals surface area (Å²) in [5.41, 5.74) is 5.42. The fourth-order valence-electron chi connectivity index (χ4n) is 2.40. The average molecular weight is 267 g/mol. The largest absolute Gasteiger partial charge is 0.313 e. The summed E-state index contributed by atoms with van der Waals surface area (Å²) in [7, 11) is 0. The van der Waals surface area contributed by atoms with Crippen molar-refractivity contribution in [2.24, 2.45) is 0 Å². The molecule has 0 unspecified atom stereocenters. The first-order chi connectivity index (χ1) is 9.72. The Morgan fingerprint density at radius 3 is 2.30 bits per heavy atom. The molecule has 0 radical (unpaired) electrons. The highest BCUT2D eigenvalue weighted by atomic mass is 14.8. The van der Waals surface area contributed by atoms with Crippen LogP contribution >= 0.6 is 0 Å². The zero-order valence-electron chi connectivity index (χ0n) is 12.8. The lowest BCUT2D eigenvalue weighted by Gasteiger charge is -2.12. The summed E-state index contributed by atoms with van der Waals surface area (Å²) in [4.78, 5) is 0. The van der Waals surface area contributed by atoms with Crippen molar-refractivity contribution in [3.8, 4) is 11.1 Å². The van der Waals surface area contributed by atoms with Gasteiger partial charge in [0, 0.05) is 6.54 Å². The molecule has 0 saturated carbocycles. The highest BCUT2D eigenvalue weighted by molar-refractivity contribution is 5.67. The van der Waals surface area contributed by atoms with Crippen LogP contribution in [0.2, 0.25) is 0 Å². The van der Waals surface area contributed by atoms with Gasteiger partial charge in [-0.1, -0.05) is 69.3 Å². The molecule has 0 aliphatic carbocycles. The van der Waals surface area contributed by atoms with Gasteiger partial charge in [-0.05, 0) is 41.1 Å². The molecular formula is C19H25N. The van der Waals surface area contributed by atoms with E-state index >= 15 is 0 Å². The van der Waals surface area contributed by atoms with Crippen molar-refractivity contribution in [1.82, 2.24) is 5.32 Å². The van der Waals surface area contributed by atoms with Crippen LogP contribution in [0, 0.1) is 0 Å². The maximum atomic E-state index is 3.49. The number of benzene rings is 2. The Morgan fingerprint density at radius 1 is 0.950 bits per heavy atom. The monoisotopic (exact) mass is 267 g/mol. The maximum Gasteiger partial charge on any atom is 0.0211 e. The molecule has 0 saturated heterocycles. The van der Waals surface area contributed by atoms with E-state index in [1.54, 1.807) is 0 Å². The lowest BCUT2D eigenvalue weighted by atomic mass is 9.96. The van der Waals surface area contributed by atoms with Crippen molar-refractivity contribution in [3.05, 3.63) is 59.7 Å². The van der Waals surface area contributed by atoms with Gasteiger partial charge in [0.2, 0.25) is 0 Å². The van der Waals surface area contributed by atoms with E-state index < -0.39 is 0 Å². The number of nitrogens with one attached hydrogen (secondary N) is 1. The van der Waals surface area contributed by atoms with Crippen LogP contribution in [0.25, 0.3) is 11.1 Å². The normalized spacial score (nSPS) is 11.0. The van der Waals surface area contributed by atoms with Gasteiger partial charge in [0.25, 0.3) is 0 Å². The van der Waals surface area contributed by atoms with Crippen molar-refractivity contribution in [3.63, 3.8) is 0 Å². The molecule has 20 heavy (non-hydrogen) atoms. The molecule has 1 nitrogen and oxygen atoms in total. The van der Waals surface area contributed by atoms with Gasteiger partial charge in [0.05, 0.1) is 0 Å². The molecular weight excluding hydrogens is 242 g/mol. The van der Waals surface area contributed by atoms with Gasteiger partial charge >= 0.3 is 0 Å². The summed E-state index contributed by atoms with van der Waals surface area (Å²) < 4.78 is 0. The third-order valence-electron chi connectivity index (χ3n) is 3.65. The Bertz CT molecular complexity index is 526. The molecule has 0 bridgehead atoms. The maximum absolute atomic E-state index is 3.49. The van der Waals surface area contributed by atoms with Crippen LogP contribution in [0.3, 0.4) is 0 Å². The Balaban J connectivity index is 2.23. The van der Waals surface area contributed by atoms with Crippen molar-refractivity contribution in [2.45, 2.75) is 39.7 Å². The molecule has 106 valence electrons. The summed E-state index contributed by atoms with van der Waals surface area (Å²) in [5.74, 6) is 0.588. The second-order valence-corrected chi connectivity index (χ2v) is 5.61. The summed E-state index contributed by atoms with van der Waals surface area (Å²) in [5, 5.41) is 3.49. The lowest BCUT2D eigenvalue weighted by molar-refractivity contribution is 0.676. The zero-order chi connectivity index (χ0) is 14.4. The number of hydrogen-bond donors (Lipinski definition) is 1. The predicted octanol–water partition coefficient (Wildman–Crippen LogP) is 4.98. The molecule has 0 aliphatic rings. The minimum absolute atomic E-state index is 0.588. The zero-order valence-corrected chi connectivity index (χ0v) is 12.8. The molecule has 0 atom stereocenters.